The summed E-state index contributed by atoms with van der Waals surface area (Å²) >= 11 is 3.37. The lowest BCUT2D eigenvalue weighted by Gasteiger charge is -2.23. The van der Waals surface area contributed by atoms with E-state index in [4.69, 9.17) is 10.3 Å². The predicted molar refractivity (Wildman–Crippen MR) is 100 cm³/mol. The van der Waals surface area contributed by atoms with Crippen molar-refractivity contribution in [3.63, 3.8) is 0 Å². The van der Waals surface area contributed by atoms with E-state index in [9.17, 15) is 9.59 Å². The molecule has 0 spiro atoms. The fraction of sp³-hybridized carbons (Fsp3) is 0.526. The van der Waals surface area contributed by atoms with Crippen LogP contribution in [-0.2, 0) is 20.7 Å². The van der Waals surface area contributed by atoms with Crippen molar-refractivity contribution in [2.45, 2.75) is 53.1 Å². The van der Waals surface area contributed by atoms with Gasteiger partial charge in [0.1, 0.15) is 6.10 Å². The number of nitrogens with zero attached hydrogens (tertiary/aromatic N) is 2. The summed E-state index contributed by atoms with van der Waals surface area (Å²) in [7, 11) is 0. The maximum Gasteiger partial charge on any atom is 0.441 e. The van der Waals surface area contributed by atoms with Crippen LogP contribution in [0.15, 0.2) is 28.7 Å². The molecule has 0 radical (unpaired) electrons. The molecule has 0 amide bonds. The lowest BCUT2D eigenvalue weighted by Crippen LogP contribution is -2.35. The maximum absolute atomic E-state index is 12.2. The molecule has 0 aliphatic heterocycles. The molecule has 0 saturated carbocycles. The topological polar surface area (TPSA) is 79.8 Å². The van der Waals surface area contributed by atoms with Gasteiger partial charge in [-0.1, -0.05) is 55.8 Å². The van der Waals surface area contributed by atoms with E-state index in [1.54, 1.807) is 0 Å². The quantitative estimate of drug-likeness (QED) is 0.201. The van der Waals surface area contributed by atoms with Crippen molar-refractivity contribution in [2.24, 2.45) is 11.8 Å². The molecule has 1 rings (SSSR count). The Morgan fingerprint density at radius 2 is 1.68 bits per heavy atom. The van der Waals surface area contributed by atoms with Gasteiger partial charge in [0.25, 0.3) is 5.78 Å². The van der Waals surface area contributed by atoms with Crippen LogP contribution in [0.5, 0.6) is 0 Å². The molecular weight excluding hydrogens is 384 g/mol. The largest absolute Gasteiger partial charge is 0.453 e. The average Bonchev–Trinajstić information content (AvgIpc) is 2.54. The Bertz CT molecular complexity index is 639. The first-order chi connectivity index (χ1) is 11.8. The standard InChI is InChI=1S/C19H25BrN2O3/c1-12(2)18(13(3)4)25-19(24)17(22-21)16(23)7-5-6-14-8-10-15(20)11-9-14/h8-13,18H,5-7H2,1-4H3. The molecule has 0 N–H and O–H groups in total. The van der Waals surface area contributed by atoms with Gasteiger partial charge in [-0.2, -0.15) is 4.79 Å². The number of halogens is 1. The molecule has 0 heterocycles. The zero-order valence-corrected chi connectivity index (χ0v) is 16.7. The number of ether oxygens (including phenoxy) is 1. The molecule has 0 atom stereocenters. The molecule has 0 aromatic heterocycles. The highest BCUT2D eigenvalue weighted by molar-refractivity contribution is 9.10. The molecule has 0 unspecified atom stereocenters. The Morgan fingerprint density at radius 1 is 1.12 bits per heavy atom. The summed E-state index contributed by atoms with van der Waals surface area (Å²) in [5.74, 6) is -1.15. The fourth-order valence-corrected chi connectivity index (χ4v) is 2.92. The second kappa shape index (κ2) is 10.3. The minimum Gasteiger partial charge on any atom is -0.453 e. The van der Waals surface area contributed by atoms with Crippen molar-refractivity contribution < 1.29 is 19.1 Å². The van der Waals surface area contributed by atoms with E-state index in [0.29, 0.717) is 12.8 Å². The van der Waals surface area contributed by atoms with Crippen molar-refractivity contribution in [3.8, 4) is 0 Å². The minimum atomic E-state index is -0.858. The molecule has 0 fully saturated rings. The Morgan fingerprint density at radius 3 is 2.16 bits per heavy atom. The zero-order valence-electron chi connectivity index (χ0n) is 15.2. The third-order valence-electron chi connectivity index (χ3n) is 3.90. The Kier molecular flexibility index (Phi) is 8.73. The van der Waals surface area contributed by atoms with E-state index in [1.165, 1.54) is 0 Å². The van der Waals surface area contributed by atoms with Gasteiger partial charge in [-0.15, -0.1) is 0 Å². The van der Waals surface area contributed by atoms with Gasteiger partial charge in [-0.05, 0) is 42.4 Å². The van der Waals surface area contributed by atoms with E-state index in [-0.39, 0.29) is 24.4 Å². The number of aryl methyl sites for hydroxylation is 1. The van der Waals surface area contributed by atoms with Crippen LogP contribution in [0.2, 0.25) is 0 Å². The Labute approximate surface area is 157 Å². The van der Waals surface area contributed by atoms with Gasteiger partial charge in [-0.25, -0.2) is 4.79 Å². The highest BCUT2D eigenvalue weighted by Crippen LogP contribution is 2.17. The number of carbonyl (C=O) groups is 2. The Hall–Kier alpha value is -1.78. The van der Waals surface area contributed by atoms with Gasteiger partial charge < -0.3 is 10.3 Å². The second-order valence-electron chi connectivity index (χ2n) is 6.71. The summed E-state index contributed by atoms with van der Waals surface area (Å²) in [6.07, 6.45) is 1.05. The van der Waals surface area contributed by atoms with Crippen molar-refractivity contribution in [1.82, 2.24) is 0 Å². The SMILES string of the molecule is CC(C)C(OC(=O)C(=[N+]=[N-])C(=O)CCCc1ccc(Br)cc1)C(C)C. The third-order valence-corrected chi connectivity index (χ3v) is 4.43. The van der Waals surface area contributed by atoms with Crippen molar-refractivity contribution >= 4 is 33.4 Å². The van der Waals surface area contributed by atoms with Crippen LogP contribution >= 0.6 is 15.9 Å². The van der Waals surface area contributed by atoms with Gasteiger partial charge >= 0.3 is 11.7 Å². The van der Waals surface area contributed by atoms with E-state index in [2.05, 4.69) is 20.7 Å². The molecule has 0 bridgehead atoms. The molecule has 6 heteroatoms. The number of hydrogen-bond donors (Lipinski definition) is 0. The normalized spacial score (nSPS) is 10.9. The molecule has 0 saturated heterocycles. The smallest absolute Gasteiger partial charge is 0.441 e. The number of esters is 1. The van der Waals surface area contributed by atoms with Crippen LogP contribution in [0, 0.1) is 11.8 Å². The van der Waals surface area contributed by atoms with Gasteiger partial charge in [0.15, 0.2) is 0 Å². The van der Waals surface area contributed by atoms with Gasteiger partial charge in [0.05, 0.1) is 0 Å². The average molecular weight is 409 g/mol. The number of rotatable bonds is 9. The second-order valence-corrected chi connectivity index (χ2v) is 7.63. The first-order valence-corrected chi connectivity index (χ1v) is 9.26. The number of benzene rings is 1. The molecule has 5 nitrogen and oxygen atoms in total. The first kappa shape index (κ1) is 21.3. The molecule has 1 aromatic carbocycles. The summed E-state index contributed by atoms with van der Waals surface area (Å²) in [6.45, 7) is 7.75. The molecule has 0 aliphatic rings. The third kappa shape index (κ3) is 6.92. The molecule has 0 aliphatic carbocycles. The van der Waals surface area contributed by atoms with Crippen LogP contribution in [0.1, 0.15) is 46.1 Å². The zero-order chi connectivity index (χ0) is 19.0. The number of Topliss-reactive ketones (excluding diaryl/α,β-unsaturated/α-hetero) is 1. The number of hydrogen-bond acceptors (Lipinski definition) is 3. The Balaban J connectivity index is 2.60. The highest BCUT2D eigenvalue weighted by Gasteiger charge is 2.34. The summed E-state index contributed by atoms with van der Waals surface area (Å²) in [5, 5.41) is 0. The van der Waals surface area contributed by atoms with E-state index < -0.39 is 17.5 Å². The number of carbonyl (C=O) groups excluding carboxylic acids is 2. The molecule has 25 heavy (non-hydrogen) atoms. The van der Waals surface area contributed by atoms with Crippen LogP contribution in [0.3, 0.4) is 0 Å². The van der Waals surface area contributed by atoms with Gasteiger partial charge in [0.2, 0.25) is 0 Å². The van der Waals surface area contributed by atoms with Crippen LogP contribution in [-0.4, -0.2) is 28.4 Å². The van der Waals surface area contributed by atoms with E-state index in [0.717, 1.165) is 10.0 Å². The number of ketones is 1. The lowest BCUT2D eigenvalue weighted by atomic mass is 9.96. The van der Waals surface area contributed by atoms with E-state index in [1.807, 2.05) is 52.0 Å². The van der Waals surface area contributed by atoms with Gasteiger partial charge in [0, 0.05) is 10.9 Å². The van der Waals surface area contributed by atoms with Crippen molar-refractivity contribution in [1.29, 1.82) is 0 Å². The van der Waals surface area contributed by atoms with Gasteiger partial charge in [-0.3, -0.25) is 4.79 Å². The summed E-state index contributed by atoms with van der Waals surface area (Å²) in [5.41, 5.74) is 9.64. The first-order valence-electron chi connectivity index (χ1n) is 8.47. The summed E-state index contributed by atoms with van der Waals surface area (Å²) in [6, 6.07) is 7.82. The predicted octanol–water partition coefficient (Wildman–Crippen LogP) is 4.24. The van der Waals surface area contributed by atoms with Crippen molar-refractivity contribution in [3.05, 3.63) is 39.8 Å². The maximum atomic E-state index is 12.2. The fourth-order valence-electron chi connectivity index (χ4n) is 2.65. The molecule has 1 aromatic rings. The minimum absolute atomic E-state index is 0.108. The monoisotopic (exact) mass is 408 g/mol. The lowest BCUT2D eigenvalue weighted by molar-refractivity contribution is -0.151. The van der Waals surface area contributed by atoms with Crippen LogP contribution in [0.4, 0.5) is 0 Å². The summed E-state index contributed by atoms with van der Waals surface area (Å²) < 4.78 is 6.36. The highest BCUT2D eigenvalue weighted by atomic mass is 79.9. The van der Waals surface area contributed by atoms with Crippen LogP contribution in [0.25, 0.3) is 5.53 Å². The molecular formula is C19H25BrN2O3. The van der Waals surface area contributed by atoms with E-state index >= 15 is 0 Å². The van der Waals surface area contributed by atoms with Crippen LogP contribution < -0.4 is 0 Å². The van der Waals surface area contributed by atoms with Crippen molar-refractivity contribution in [2.75, 3.05) is 0 Å². The summed E-state index contributed by atoms with van der Waals surface area (Å²) in [4.78, 5) is 27.2. The molecule has 136 valence electrons.